The number of ether oxygens (including phenoxy) is 1. The van der Waals surface area contributed by atoms with Crippen LogP contribution in [0.3, 0.4) is 0 Å². The largest absolute Gasteiger partial charge is 0.379 e. The number of hydrogen-bond donors (Lipinski definition) is 1. The number of hydrogen-bond acceptors (Lipinski definition) is 7. The number of benzene rings is 1. The van der Waals surface area contributed by atoms with Gasteiger partial charge in [-0.15, -0.1) is 0 Å². The minimum Gasteiger partial charge on any atom is -0.379 e. The monoisotopic (exact) mass is 539 g/mol. The summed E-state index contributed by atoms with van der Waals surface area (Å²) in [5.41, 5.74) is 4.28. The highest BCUT2D eigenvalue weighted by atomic mass is 16.5. The van der Waals surface area contributed by atoms with Gasteiger partial charge in [0.1, 0.15) is 5.82 Å². The number of fused-ring (bicyclic) bond motifs is 2. The highest BCUT2D eigenvalue weighted by Crippen LogP contribution is 2.53. The molecule has 2 aliphatic heterocycles. The van der Waals surface area contributed by atoms with Crippen LogP contribution in [0.25, 0.3) is 21.9 Å². The van der Waals surface area contributed by atoms with Gasteiger partial charge in [-0.1, -0.05) is 30.4 Å². The Morgan fingerprint density at radius 3 is 2.67 bits per heavy atom. The van der Waals surface area contributed by atoms with Crippen LogP contribution in [-0.4, -0.2) is 100 Å². The molecular formula is C31H37N7O2. The molecule has 0 bridgehead atoms. The van der Waals surface area contributed by atoms with Crippen LogP contribution in [-0.2, 0) is 23.1 Å². The third kappa shape index (κ3) is 4.77. The van der Waals surface area contributed by atoms with E-state index in [9.17, 15) is 4.79 Å². The molecule has 208 valence electrons. The van der Waals surface area contributed by atoms with E-state index in [-0.39, 0.29) is 11.4 Å². The fourth-order valence-corrected chi connectivity index (χ4v) is 6.47. The predicted molar refractivity (Wildman–Crippen MR) is 156 cm³/mol. The average molecular weight is 540 g/mol. The van der Waals surface area contributed by atoms with Crippen molar-refractivity contribution in [3.8, 4) is 11.1 Å². The maximum atomic E-state index is 13.2. The smallest absolute Gasteiger partial charge is 0.256 e. The summed E-state index contributed by atoms with van der Waals surface area (Å²) in [6.07, 6.45) is 11.3. The van der Waals surface area contributed by atoms with Crippen molar-refractivity contribution in [1.82, 2.24) is 29.5 Å². The summed E-state index contributed by atoms with van der Waals surface area (Å²) in [5.74, 6) is 0.883. The second kappa shape index (κ2) is 10.2. The number of aromatic nitrogens is 3. The van der Waals surface area contributed by atoms with Gasteiger partial charge in [-0.2, -0.15) is 5.10 Å². The Balaban J connectivity index is 1.07. The number of morpholine rings is 1. The zero-order valence-corrected chi connectivity index (χ0v) is 23.3. The van der Waals surface area contributed by atoms with Crippen LogP contribution < -0.4 is 5.32 Å². The van der Waals surface area contributed by atoms with Gasteiger partial charge in [0, 0.05) is 87.0 Å². The minimum absolute atomic E-state index is 0.0989. The molecule has 1 aromatic carbocycles. The SMILES string of the molecule is CN1CCN([C@]23C=CC(C(=O)Nc4cc5cc(-c6cnn(C)c6CN6CCOCC6)ccc5cn4)=CC2C3)CC1. The van der Waals surface area contributed by atoms with Crippen LogP contribution in [0.5, 0.6) is 0 Å². The molecule has 40 heavy (non-hydrogen) atoms. The van der Waals surface area contributed by atoms with E-state index in [0.29, 0.717) is 11.7 Å². The Kier molecular flexibility index (Phi) is 6.54. The first-order chi connectivity index (χ1) is 19.5. The number of piperazine rings is 1. The molecule has 4 aliphatic rings. The van der Waals surface area contributed by atoms with Gasteiger partial charge < -0.3 is 15.0 Å². The molecular weight excluding hydrogens is 502 g/mol. The number of carbonyl (C=O) groups is 1. The molecule has 0 radical (unpaired) electrons. The van der Waals surface area contributed by atoms with E-state index < -0.39 is 0 Å². The number of aryl methyl sites for hydroxylation is 1. The van der Waals surface area contributed by atoms with Crippen LogP contribution in [0, 0.1) is 5.92 Å². The van der Waals surface area contributed by atoms with Crippen molar-refractivity contribution >= 4 is 22.5 Å². The van der Waals surface area contributed by atoms with Crippen molar-refractivity contribution in [3.05, 3.63) is 66.2 Å². The summed E-state index contributed by atoms with van der Waals surface area (Å²) in [7, 11) is 4.19. The lowest BCUT2D eigenvalue weighted by Crippen LogP contribution is -2.50. The standard InChI is InChI=1S/C31H37N7O2/c1-35-7-9-38(10-8-35)31-6-5-23(16-26(31)18-31)30(39)34-29-17-25-15-22(3-4-24(25)19-32-29)27-20-33-36(2)28(27)21-37-11-13-40-14-12-37/h3-6,15-17,19-20,26H,7-14,18,21H2,1-2H3,(H,32,34,39)/t26?,31-/m0/s1. The molecule has 2 atom stereocenters. The Bertz CT molecular complexity index is 1500. The molecule has 0 spiro atoms. The van der Waals surface area contributed by atoms with E-state index in [2.05, 4.69) is 67.5 Å². The molecule has 4 heterocycles. The highest BCUT2D eigenvalue weighted by Gasteiger charge is 2.56. The van der Waals surface area contributed by atoms with E-state index in [0.717, 1.165) is 92.9 Å². The van der Waals surface area contributed by atoms with E-state index in [1.807, 2.05) is 36.3 Å². The third-order valence-electron chi connectivity index (χ3n) is 9.13. The van der Waals surface area contributed by atoms with Crippen LogP contribution in [0.2, 0.25) is 0 Å². The Labute approximate surface area is 235 Å². The zero-order valence-electron chi connectivity index (χ0n) is 23.3. The quantitative estimate of drug-likeness (QED) is 0.516. The number of nitrogens with one attached hydrogen (secondary N) is 1. The summed E-state index contributed by atoms with van der Waals surface area (Å²) in [5, 5.41) is 9.68. The second-order valence-corrected chi connectivity index (χ2v) is 11.7. The van der Waals surface area contributed by atoms with Crippen molar-refractivity contribution in [2.75, 3.05) is 64.8 Å². The van der Waals surface area contributed by atoms with Gasteiger partial charge in [0.25, 0.3) is 5.91 Å². The zero-order chi connectivity index (χ0) is 27.3. The number of rotatable bonds is 6. The number of likely N-dealkylation sites (N-methyl/N-ethyl adjacent to an activating group) is 1. The molecule has 3 aromatic rings. The lowest BCUT2D eigenvalue weighted by Gasteiger charge is -2.38. The molecule has 1 amide bonds. The van der Waals surface area contributed by atoms with Gasteiger partial charge in [0.05, 0.1) is 25.1 Å². The van der Waals surface area contributed by atoms with Crippen molar-refractivity contribution in [1.29, 1.82) is 0 Å². The predicted octanol–water partition coefficient (Wildman–Crippen LogP) is 2.91. The van der Waals surface area contributed by atoms with Gasteiger partial charge in [-0.05, 0) is 36.6 Å². The molecule has 1 saturated carbocycles. The topological polar surface area (TPSA) is 78.8 Å². The molecule has 1 unspecified atom stereocenters. The lowest BCUT2D eigenvalue weighted by atomic mass is 10.00. The fourth-order valence-electron chi connectivity index (χ4n) is 6.47. The van der Waals surface area contributed by atoms with E-state index in [1.165, 1.54) is 5.69 Å². The molecule has 9 heteroatoms. The number of nitrogens with zero attached hydrogens (tertiary/aromatic N) is 6. The molecule has 2 saturated heterocycles. The van der Waals surface area contributed by atoms with Crippen LogP contribution in [0.4, 0.5) is 5.82 Å². The first kappa shape index (κ1) is 25.6. The number of amides is 1. The Hall–Kier alpha value is -3.37. The summed E-state index contributed by atoms with van der Waals surface area (Å²) in [6, 6.07) is 8.35. The first-order valence-corrected chi connectivity index (χ1v) is 14.4. The molecule has 2 aromatic heterocycles. The highest BCUT2D eigenvalue weighted by molar-refractivity contribution is 6.06. The van der Waals surface area contributed by atoms with Gasteiger partial charge in [-0.3, -0.25) is 19.3 Å². The van der Waals surface area contributed by atoms with E-state index in [4.69, 9.17) is 4.74 Å². The molecule has 1 N–H and O–H groups in total. The van der Waals surface area contributed by atoms with Gasteiger partial charge in [-0.25, -0.2) is 4.98 Å². The lowest BCUT2D eigenvalue weighted by molar-refractivity contribution is -0.112. The van der Waals surface area contributed by atoms with Crippen LogP contribution in [0.1, 0.15) is 12.1 Å². The first-order valence-electron chi connectivity index (χ1n) is 14.4. The Morgan fingerprint density at radius 2 is 1.88 bits per heavy atom. The van der Waals surface area contributed by atoms with Gasteiger partial charge in [0.2, 0.25) is 0 Å². The van der Waals surface area contributed by atoms with Crippen molar-refractivity contribution in [2.24, 2.45) is 13.0 Å². The molecule has 7 rings (SSSR count). The van der Waals surface area contributed by atoms with E-state index >= 15 is 0 Å². The average Bonchev–Trinajstić information content (AvgIpc) is 3.62. The molecule has 3 fully saturated rings. The van der Waals surface area contributed by atoms with Gasteiger partial charge >= 0.3 is 0 Å². The van der Waals surface area contributed by atoms with Gasteiger partial charge in [0.15, 0.2) is 0 Å². The number of anilines is 1. The summed E-state index contributed by atoms with van der Waals surface area (Å²) < 4.78 is 7.49. The maximum Gasteiger partial charge on any atom is 0.256 e. The normalized spacial score (nSPS) is 25.6. The number of pyridine rings is 1. The fraction of sp³-hybridized carbons (Fsp3) is 0.452. The maximum absolute atomic E-state index is 13.2. The Morgan fingerprint density at radius 1 is 1.05 bits per heavy atom. The summed E-state index contributed by atoms with van der Waals surface area (Å²) in [4.78, 5) is 25.1. The van der Waals surface area contributed by atoms with E-state index in [1.54, 1.807) is 0 Å². The van der Waals surface area contributed by atoms with Crippen LogP contribution >= 0.6 is 0 Å². The number of carbonyl (C=O) groups excluding carboxylic acids is 1. The van der Waals surface area contributed by atoms with Crippen LogP contribution in [0.15, 0.2) is 60.5 Å². The van der Waals surface area contributed by atoms with Crippen molar-refractivity contribution in [3.63, 3.8) is 0 Å². The minimum atomic E-state index is -0.0989. The van der Waals surface area contributed by atoms with Crippen molar-refractivity contribution < 1.29 is 9.53 Å². The molecule has 9 nitrogen and oxygen atoms in total. The summed E-state index contributed by atoms with van der Waals surface area (Å²) >= 11 is 0. The molecule has 2 aliphatic carbocycles. The third-order valence-corrected chi connectivity index (χ3v) is 9.13. The second-order valence-electron chi connectivity index (χ2n) is 11.7. The van der Waals surface area contributed by atoms with Crippen molar-refractivity contribution in [2.45, 2.75) is 18.5 Å². The summed E-state index contributed by atoms with van der Waals surface area (Å²) in [6.45, 7) is 8.62.